The molecule has 0 aliphatic carbocycles. The molecule has 0 N–H and O–H groups in total. The highest BCUT2D eigenvalue weighted by Crippen LogP contribution is 1.98. The molecule has 0 saturated carbocycles. The van der Waals surface area contributed by atoms with Gasteiger partial charge in [-0.15, -0.1) is 0 Å². The standard InChI is InChI=1S/C4H8O.C3H7/c1-2-4-5-3-1;1-3-2/h1-4H2;1,3H2,2H3. The van der Waals surface area contributed by atoms with E-state index in [9.17, 15) is 0 Å². The van der Waals surface area contributed by atoms with Gasteiger partial charge in [0.1, 0.15) is 0 Å². The molecule has 1 aliphatic rings. The van der Waals surface area contributed by atoms with Gasteiger partial charge in [-0.05, 0) is 12.8 Å². The van der Waals surface area contributed by atoms with Gasteiger partial charge in [0.25, 0.3) is 0 Å². The Labute approximate surface area is 52.0 Å². The third-order valence-corrected chi connectivity index (χ3v) is 0.827. The minimum Gasteiger partial charge on any atom is -0.381 e. The van der Waals surface area contributed by atoms with Crippen LogP contribution in [0.25, 0.3) is 0 Å². The molecule has 1 aliphatic heterocycles. The van der Waals surface area contributed by atoms with Gasteiger partial charge in [0.2, 0.25) is 0 Å². The number of hydrogen-bond donors (Lipinski definition) is 0. The maximum absolute atomic E-state index is 4.94. The van der Waals surface area contributed by atoms with Crippen LogP contribution in [-0.2, 0) is 4.74 Å². The Bertz CT molecular complexity index is 23.8. The molecule has 49 valence electrons. The molecule has 0 unspecified atom stereocenters. The molecule has 0 aromatic heterocycles. The predicted molar refractivity (Wildman–Crippen MR) is 35.7 cm³/mol. The summed E-state index contributed by atoms with van der Waals surface area (Å²) >= 11 is 0. The minimum atomic E-state index is 1.00. The van der Waals surface area contributed by atoms with Crippen LogP contribution < -0.4 is 0 Å². The first-order valence-corrected chi connectivity index (χ1v) is 3.28. The van der Waals surface area contributed by atoms with E-state index in [1.54, 1.807) is 0 Å². The van der Waals surface area contributed by atoms with Gasteiger partial charge in [-0.2, -0.15) is 0 Å². The van der Waals surface area contributed by atoms with E-state index in [1.807, 2.05) is 6.92 Å². The zero-order valence-electron chi connectivity index (χ0n) is 5.65. The molecule has 1 heteroatoms. The number of ether oxygens (including phenoxy) is 1. The molecule has 1 radical (unpaired) electrons. The summed E-state index contributed by atoms with van der Waals surface area (Å²) in [5, 5.41) is 0. The van der Waals surface area contributed by atoms with Gasteiger partial charge in [0.15, 0.2) is 0 Å². The SMILES string of the molecule is C1CCOC1.[CH2]CC. The van der Waals surface area contributed by atoms with Gasteiger partial charge in [-0.3, -0.25) is 0 Å². The molecule has 0 spiro atoms. The van der Waals surface area contributed by atoms with E-state index in [1.165, 1.54) is 12.8 Å². The molecule has 1 heterocycles. The van der Waals surface area contributed by atoms with Crippen molar-refractivity contribution in [3.63, 3.8) is 0 Å². The van der Waals surface area contributed by atoms with Gasteiger partial charge in [-0.1, -0.05) is 20.3 Å². The Morgan fingerprint density at radius 2 is 1.75 bits per heavy atom. The second-order valence-corrected chi connectivity index (χ2v) is 1.82. The second-order valence-electron chi connectivity index (χ2n) is 1.82. The van der Waals surface area contributed by atoms with Crippen molar-refractivity contribution in [2.24, 2.45) is 0 Å². The van der Waals surface area contributed by atoms with E-state index in [0.29, 0.717) is 0 Å². The van der Waals surface area contributed by atoms with Gasteiger partial charge in [0.05, 0.1) is 0 Å². The van der Waals surface area contributed by atoms with Crippen molar-refractivity contribution < 1.29 is 4.74 Å². The van der Waals surface area contributed by atoms with Crippen LogP contribution in [0.15, 0.2) is 0 Å². The van der Waals surface area contributed by atoms with E-state index in [0.717, 1.165) is 19.6 Å². The Hall–Kier alpha value is -0.0400. The summed E-state index contributed by atoms with van der Waals surface area (Å²) in [6.45, 7) is 7.50. The summed E-state index contributed by atoms with van der Waals surface area (Å²) in [6, 6.07) is 0. The Kier molecular flexibility index (Phi) is 6.93. The molecule has 1 nitrogen and oxygen atoms in total. The summed E-state index contributed by atoms with van der Waals surface area (Å²) < 4.78 is 4.94. The van der Waals surface area contributed by atoms with E-state index >= 15 is 0 Å². The summed E-state index contributed by atoms with van der Waals surface area (Å²) in [5.74, 6) is 0. The van der Waals surface area contributed by atoms with Crippen molar-refractivity contribution in [1.29, 1.82) is 0 Å². The van der Waals surface area contributed by atoms with Crippen LogP contribution in [0.4, 0.5) is 0 Å². The average Bonchev–Trinajstić information content (AvgIpc) is 2.17. The molecular formula is C7H15O. The molecule has 0 amide bonds. The van der Waals surface area contributed by atoms with Gasteiger partial charge in [0, 0.05) is 13.2 Å². The molecule has 8 heavy (non-hydrogen) atoms. The van der Waals surface area contributed by atoms with Crippen molar-refractivity contribution in [1.82, 2.24) is 0 Å². The second kappa shape index (κ2) is 6.96. The lowest BCUT2D eigenvalue weighted by atomic mass is 10.4. The van der Waals surface area contributed by atoms with Crippen LogP contribution in [0.3, 0.4) is 0 Å². The highest BCUT2D eigenvalue weighted by Gasteiger charge is 1.94. The maximum Gasteiger partial charge on any atom is 0.0466 e. The van der Waals surface area contributed by atoms with Gasteiger partial charge >= 0.3 is 0 Å². The van der Waals surface area contributed by atoms with Crippen molar-refractivity contribution in [2.45, 2.75) is 26.2 Å². The lowest BCUT2D eigenvalue weighted by Gasteiger charge is -1.76. The summed E-state index contributed by atoms with van der Waals surface area (Å²) in [4.78, 5) is 0. The van der Waals surface area contributed by atoms with Crippen LogP contribution >= 0.6 is 0 Å². The molecule has 0 aromatic carbocycles. The van der Waals surface area contributed by atoms with Gasteiger partial charge in [-0.25, -0.2) is 0 Å². The van der Waals surface area contributed by atoms with Crippen molar-refractivity contribution >= 4 is 0 Å². The highest BCUT2D eigenvalue weighted by atomic mass is 16.5. The number of hydrogen-bond acceptors (Lipinski definition) is 1. The topological polar surface area (TPSA) is 9.23 Å². The van der Waals surface area contributed by atoms with Crippen molar-refractivity contribution in [2.75, 3.05) is 13.2 Å². The first-order valence-electron chi connectivity index (χ1n) is 3.28. The first kappa shape index (κ1) is 7.96. The summed E-state index contributed by atoms with van der Waals surface area (Å²) in [5.41, 5.74) is 0. The van der Waals surface area contributed by atoms with E-state index in [-0.39, 0.29) is 0 Å². The molecule has 1 saturated heterocycles. The largest absolute Gasteiger partial charge is 0.381 e. The lowest BCUT2D eigenvalue weighted by molar-refractivity contribution is 0.198. The van der Waals surface area contributed by atoms with E-state index < -0.39 is 0 Å². The fourth-order valence-electron chi connectivity index (χ4n) is 0.510. The maximum atomic E-state index is 4.94. The Morgan fingerprint density at radius 1 is 1.38 bits per heavy atom. The summed E-state index contributed by atoms with van der Waals surface area (Å²) in [7, 11) is 0. The fraction of sp³-hybridized carbons (Fsp3) is 0.857. The van der Waals surface area contributed by atoms with Crippen LogP contribution in [0.1, 0.15) is 26.2 Å². The van der Waals surface area contributed by atoms with E-state index in [4.69, 9.17) is 4.74 Å². The zero-order valence-corrected chi connectivity index (χ0v) is 5.65. The third-order valence-electron chi connectivity index (χ3n) is 0.827. The normalized spacial score (nSPS) is 17.2. The fourth-order valence-corrected chi connectivity index (χ4v) is 0.510. The quantitative estimate of drug-likeness (QED) is 0.469. The first-order chi connectivity index (χ1) is 3.91. The molecular weight excluding hydrogens is 100 g/mol. The average molecular weight is 115 g/mol. The minimum absolute atomic E-state index is 1.00. The van der Waals surface area contributed by atoms with Crippen molar-refractivity contribution in [3.05, 3.63) is 6.92 Å². The van der Waals surface area contributed by atoms with E-state index in [2.05, 4.69) is 6.92 Å². The van der Waals surface area contributed by atoms with Crippen LogP contribution in [0.2, 0.25) is 0 Å². The monoisotopic (exact) mass is 115 g/mol. The van der Waals surface area contributed by atoms with Crippen LogP contribution in [0.5, 0.6) is 0 Å². The smallest absolute Gasteiger partial charge is 0.0466 e. The molecule has 0 aromatic rings. The van der Waals surface area contributed by atoms with Crippen LogP contribution in [0, 0.1) is 6.92 Å². The number of rotatable bonds is 0. The predicted octanol–water partition coefficient (Wildman–Crippen LogP) is 2.03. The van der Waals surface area contributed by atoms with Crippen molar-refractivity contribution in [3.8, 4) is 0 Å². The molecule has 1 fully saturated rings. The highest BCUT2D eigenvalue weighted by molar-refractivity contribution is 4.43. The lowest BCUT2D eigenvalue weighted by Crippen LogP contribution is -1.74. The van der Waals surface area contributed by atoms with Crippen LogP contribution in [-0.4, -0.2) is 13.2 Å². The molecule has 0 bridgehead atoms. The molecule has 0 atom stereocenters. The van der Waals surface area contributed by atoms with Gasteiger partial charge < -0.3 is 4.74 Å². The Balaban J connectivity index is 0.000000145. The third kappa shape index (κ3) is 5.96. The summed E-state index contributed by atoms with van der Waals surface area (Å²) in [6.07, 6.45) is 3.56. The zero-order chi connectivity index (χ0) is 6.24. The molecule has 1 rings (SSSR count). The Morgan fingerprint density at radius 3 is 1.88 bits per heavy atom.